The summed E-state index contributed by atoms with van der Waals surface area (Å²) in [4.78, 5) is 0. The van der Waals surface area contributed by atoms with Crippen molar-refractivity contribution in [2.75, 3.05) is 11.9 Å². The van der Waals surface area contributed by atoms with Crippen LogP contribution in [-0.4, -0.2) is 26.1 Å². The molecule has 0 aliphatic carbocycles. The summed E-state index contributed by atoms with van der Waals surface area (Å²) in [6.07, 6.45) is 5.12. The van der Waals surface area contributed by atoms with Gasteiger partial charge in [0.1, 0.15) is 5.82 Å². The molecule has 2 aromatic rings. The highest BCUT2D eigenvalue weighted by atomic mass is 79.9. The van der Waals surface area contributed by atoms with Crippen molar-refractivity contribution in [2.45, 2.75) is 45.1 Å². The molecule has 5 nitrogen and oxygen atoms in total. The number of hydrogen-bond donors (Lipinski definition) is 1. The molecule has 0 fully saturated rings. The highest BCUT2D eigenvalue weighted by Gasteiger charge is 2.29. The number of aromatic nitrogens is 4. The predicted octanol–water partition coefficient (Wildman–Crippen LogP) is 3.69. The molecule has 1 unspecified atom stereocenters. The van der Waals surface area contributed by atoms with E-state index in [0.717, 1.165) is 36.1 Å². The molecule has 0 saturated carbocycles. The smallest absolute Gasteiger partial charge is 0.139 e. The van der Waals surface area contributed by atoms with Crippen LogP contribution in [0.15, 0.2) is 16.7 Å². The van der Waals surface area contributed by atoms with Crippen molar-refractivity contribution in [1.82, 2.24) is 19.6 Å². The fourth-order valence-corrected chi connectivity index (χ4v) is 3.91. The van der Waals surface area contributed by atoms with E-state index in [0.29, 0.717) is 5.92 Å². The Hall–Kier alpha value is -1.30. The molecule has 0 bridgehead atoms. The molecule has 21 heavy (non-hydrogen) atoms. The Kier molecular flexibility index (Phi) is 4.06. The maximum absolute atomic E-state index is 4.94. The van der Waals surface area contributed by atoms with Gasteiger partial charge in [0.25, 0.3) is 0 Å². The van der Waals surface area contributed by atoms with Gasteiger partial charge in [0, 0.05) is 25.7 Å². The second-order valence-corrected chi connectivity index (χ2v) is 6.41. The fourth-order valence-electron chi connectivity index (χ4n) is 3.19. The topological polar surface area (TPSA) is 47.7 Å². The zero-order valence-electron chi connectivity index (χ0n) is 12.8. The second-order valence-electron chi connectivity index (χ2n) is 5.62. The normalized spacial score (nSPS) is 17.9. The number of fused-ring (bicyclic) bond motifs is 1. The van der Waals surface area contributed by atoms with Gasteiger partial charge < -0.3 is 5.32 Å². The molecule has 0 saturated heterocycles. The molecule has 1 N–H and O–H groups in total. The third kappa shape index (κ3) is 2.39. The van der Waals surface area contributed by atoms with Crippen LogP contribution in [0, 0.1) is 0 Å². The molecule has 0 spiro atoms. The van der Waals surface area contributed by atoms with Gasteiger partial charge >= 0.3 is 0 Å². The summed E-state index contributed by atoms with van der Waals surface area (Å²) < 4.78 is 5.22. The quantitative estimate of drug-likeness (QED) is 0.913. The maximum atomic E-state index is 4.94. The Morgan fingerprint density at radius 1 is 1.43 bits per heavy atom. The van der Waals surface area contributed by atoms with Crippen LogP contribution in [0.1, 0.15) is 56.5 Å². The Balaban J connectivity index is 2.06. The molecule has 0 amide bonds. The van der Waals surface area contributed by atoms with Crippen molar-refractivity contribution in [1.29, 1.82) is 0 Å². The van der Waals surface area contributed by atoms with Crippen LogP contribution < -0.4 is 5.32 Å². The van der Waals surface area contributed by atoms with E-state index in [2.05, 4.69) is 50.9 Å². The summed E-state index contributed by atoms with van der Waals surface area (Å²) in [6, 6.07) is 2.35. The average molecular weight is 352 g/mol. The summed E-state index contributed by atoms with van der Waals surface area (Å²) in [5.74, 6) is 1.61. The summed E-state index contributed by atoms with van der Waals surface area (Å²) in [5.41, 5.74) is 2.39. The summed E-state index contributed by atoms with van der Waals surface area (Å²) in [7, 11) is 2.00. The molecule has 1 atom stereocenters. The number of nitrogens with zero attached hydrogens (tertiary/aromatic N) is 4. The molecule has 1 aliphatic heterocycles. The fraction of sp³-hybridized carbons (Fsp3) is 0.600. The van der Waals surface area contributed by atoms with Crippen LogP contribution in [-0.2, 0) is 7.05 Å². The van der Waals surface area contributed by atoms with Gasteiger partial charge in [-0.1, -0.05) is 13.8 Å². The van der Waals surface area contributed by atoms with Gasteiger partial charge in [-0.3, -0.25) is 4.68 Å². The number of rotatable bonds is 4. The van der Waals surface area contributed by atoms with E-state index in [1.165, 1.54) is 11.4 Å². The Morgan fingerprint density at radius 3 is 2.81 bits per heavy atom. The molecule has 3 rings (SSSR count). The van der Waals surface area contributed by atoms with Gasteiger partial charge in [-0.15, -0.1) is 0 Å². The summed E-state index contributed by atoms with van der Waals surface area (Å²) >= 11 is 3.76. The van der Waals surface area contributed by atoms with Gasteiger partial charge in [0.2, 0.25) is 0 Å². The first-order valence-corrected chi connectivity index (χ1v) is 8.46. The summed E-state index contributed by atoms with van der Waals surface area (Å²) in [5, 5.41) is 12.7. The first-order valence-electron chi connectivity index (χ1n) is 7.67. The van der Waals surface area contributed by atoms with E-state index in [1.807, 2.05) is 17.9 Å². The number of halogens is 1. The second kappa shape index (κ2) is 5.83. The van der Waals surface area contributed by atoms with Crippen LogP contribution in [0.3, 0.4) is 0 Å². The summed E-state index contributed by atoms with van der Waals surface area (Å²) in [6.45, 7) is 5.42. The van der Waals surface area contributed by atoms with Gasteiger partial charge in [-0.05, 0) is 41.3 Å². The molecular formula is C15H22BrN5. The van der Waals surface area contributed by atoms with Crippen LogP contribution >= 0.6 is 15.9 Å². The standard InChI is InChI=1S/C15H22BrN5/c1-4-10(5-2)14-13(16)15-17-8-6-12(21(15)19-14)11-7-9-18-20(11)3/h7,9-10,12,17H,4-6,8H2,1-3H3. The monoisotopic (exact) mass is 351 g/mol. The zero-order chi connectivity index (χ0) is 15.0. The lowest BCUT2D eigenvalue weighted by Gasteiger charge is -2.25. The van der Waals surface area contributed by atoms with Crippen LogP contribution in [0.4, 0.5) is 5.82 Å². The predicted molar refractivity (Wildman–Crippen MR) is 87.7 cm³/mol. The SMILES string of the molecule is CCC(CC)c1nn2c(c1Br)NCCC2c1ccnn1C. The van der Waals surface area contributed by atoms with Crippen LogP contribution in [0.2, 0.25) is 0 Å². The Morgan fingerprint density at radius 2 is 2.19 bits per heavy atom. The number of anilines is 1. The van der Waals surface area contributed by atoms with Crippen LogP contribution in [0.5, 0.6) is 0 Å². The minimum Gasteiger partial charge on any atom is -0.369 e. The lowest BCUT2D eigenvalue weighted by atomic mass is 10.00. The minimum atomic E-state index is 0.258. The molecule has 3 heterocycles. The maximum Gasteiger partial charge on any atom is 0.139 e. The highest BCUT2D eigenvalue weighted by Crippen LogP contribution is 2.39. The third-order valence-corrected chi connectivity index (χ3v) is 5.24. The zero-order valence-corrected chi connectivity index (χ0v) is 14.4. The van der Waals surface area contributed by atoms with E-state index < -0.39 is 0 Å². The molecule has 1 aliphatic rings. The van der Waals surface area contributed by atoms with Crippen molar-refractivity contribution < 1.29 is 0 Å². The van der Waals surface area contributed by atoms with E-state index in [-0.39, 0.29) is 6.04 Å². The van der Waals surface area contributed by atoms with Crippen molar-refractivity contribution >= 4 is 21.7 Å². The molecule has 0 aromatic carbocycles. The van der Waals surface area contributed by atoms with Crippen molar-refractivity contribution in [3.8, 4) is 0 Å². The van der Waals surface area contributed by atoms with E-state index in [1.54, 1.807) is 0 Å². The molecule has 114 valence electrons. The number of hydrogen-bond acceptors (Lipinski definition) is 3. The lowest BCUT2D eigenvalue weighted by molar-refractivity contribution is 0.444. The largest absolute Gasteiger partial charge is 0.369 e. The van der Waals surface area contributed by atoms with Crippen LogP contribution in [0.25, 0.3) is 0 Å². The van der Waals surface area contributed by atoms with Gasteiger partial charge in [-0.25, -0.2) is 4.68 Å². The minimum absolute atomic E-state index is 0.258. The van der Waals surface area contributed by atoms with Gasteiger partial charge in [0.05, 0.1) is 21.9 Å². The average Bonchev–Trinajstić information content (AvgIpc) is 3.05. The number of aryl methyl sites for hydroxylation is 1. The van der Waals surface area contributed by atoms with E-state index >= 15 is 0 Å². The Labute approximate surface area is 133 Å². The molecule has 2 aromatic heterocycles. The van der Waals surface area contributed by atoms with Gasteiger partial charge in [-0.2, -0.15) is 10.2 Å². The molecule has 0 radical (unpaired) electrons. The first kappa shape index (κ1) is 14.6. The highest BCUT2D eigenvalue weighted by molar-refractivity contribution is 9.10. The van der Waals surface area contributed by atoms with Gasteiger partial charge in [0.15, 0.2) is 0 Å². The third-order valence-electron chi connectivity index (χ3n) is 4.46. The molecular weight excluding hydrogens is 330 g/mol. The molecule has 6 heteroatoms. The first-order chi connectivity index (χ1) is 10.2. The number of nitrogens with one attached hydrogen (secondary N) is 1. The van der Waals surface area contributed by atoms with Crippen molar-refractivity contribution in [3.05, 3.63) is 28.1 Å². The van der Waals surface area contributed by atoms with E-state index in [4.69, 9.17) is 5.10 Å². The van der Waals surface area contributed by atoms with Crippen molar-refractivity contribution in [3.63, 3.8) is 0 Å². The lowest BCUT2D eigenvalue weighted by Crippen LogP contribution is -2.26. The van der Waals surface area contributed by atoms with E-state index in [9.17, 15) is 0 Å². The van der Waals surface area contributed by atoms with Crippen molar-refractivity contribution in [2.24, 2.45) is 7.05 Å². The Bertz CT molecular complexity index is 626.